The van der Waals surface area contributed by atoms with Crippen molar-refractivity contribution in [2.45, 2.75) is 6.42 Å². The number of hydrogen-bond acceptors (Lipinski definition) is 2. The summed E-state index contributed by atoms with van der Waals surface area (Å²) in [5.41, 5.74) is 3.16. The Morgan fingerprint density at radius 2 is 2.17 bits per heavy atom. The molecule has 0 saturated carbocycles. The summed E-state index contributed by atoms with van der Waals surface area (Å²) >= 11 is 9.46. The van der Waals surface area contributed by atoms with E-state index >= 15 is 0 Å². The molecule has 2 rings (SSSR count). The van der Waals surface area contributed by atoms with Crippen LogP contribution in [0.3, 0.4) is 0 Å². The van der Waals surface area contributed by atoms with Crippen LogP contribution < -0.4 is 4.74 Å². The molecule has 1 heterocycles. The normalized spacial score (nSPS) is 10.4. The molecule has 2 nitrogen and oxygen atoms in total. The summed E-state index contributed by atoms with van der Waals surface area (Å²) in [6.07, 6.45) is 2.78. The number of rotatable bonds is 4. The number of ether oxygens (including phenoxy) is 1. The second-order valence-electron chi connectivity index (χ2n) is 3.85. The molecule has 94 valence electrons. The fourth-order valence-electron chi connectivity index (χ4n) is 1.77. The van der Waals surface area contributed by atoms with Crippen molar-refractivity contribution in [3.63, 3.8) is 0 Å². The SMILES string of the molecule is COc1ncc(CCBr)cc1-c1cccc(Cl)c1. The van der Waals surface area contributed by atoms with Crippen molar-refractivity contribution in [3.8, 4) is 17.0 Å². The number of alkyl halides is 1. The molecule has 0 amide bonds. The Bertz CT molecular complexity index is 545. The van der Waals surface area contributed by atoms with Gasteiger partial charge >= 0.3 is 0 Å². The lowest BCUT2D eigenvalue weighted by Gasteiger charge is -2.09. The smallest absolute Gasteiger partial charge is 0.221 e. The zero-order valence-corrected chi connectivity index (χ0v) is 12.3. The van der Waals surface area contributed by atoms with Crippen LogP contribution in [-0.2, 0) is 6.42 Å². The van der Waals surface area contributed by atoms with Crippen molar-refractivity contribution < 1.29 is 4.74 Å². The van der Waals surface area contributed by atoms with E-state index in [4.69, 9.17) is 16.3 Å². The molecule has 0 radical (unpaired) electrons. The maximum absolute atomic E-state index is 6.02. The van der Waals surface area contributed by atoms with Crippen LogP contribution in [0.2, 0.25) is 5.02 Å². The molecule has 0 aliphatic heterocycles. The van der Waals surface area contributed by atoms with Gasteiger partial charge in [-0.2, -0.15) is 0 Å². The number of aromatic nitrogens is 1. The van der Waals surface area contributed by atoms with Crippen LogP contribution in [0.5, 0.6) is 5.88 Å². The minimum Gasteiger partial charge on any atom is -0.481 e. The summed E-state index contributed by atoms with van der Waals surface area (Å²) in [6, 6.07) is 9.79. The van der Waals surface area contributed by atoms with Crippen molar-refractivity contribution in [2.75, 3.05) is 12.4 Å². The summed E-state index contributed by atoms with van der Waals surface area (Å²) < 4.78 is 5.31. The van der Waals surface area contributed by atoms with Crippen LogP contribution in [0.25, 0.3) is 11.1 Å². The molecular weight excluding hydrogens is 314 g/mol. The summed E-state index contributed by atoms with van der Waals surface area (Å²) in [5.74, 6) is 0.621. The standard InChI is InChI=1S/C14H13BrClNO/c1-18-14-13(7-10(5-6-15)9-17-14)11-3-2-4-12(16)8-11/h2-4,7-9H,5-6H2,1H3. The van der Waals surface area contributed by atoms with Gasteiger partial charge in [-0.1, -0.05) is 39.7 Å². The van der Waals surface area contributed by atoms with Gasteiger partial charge in [-0.05, 0) is 35.7 Å². The average Bonchev–Trinajstić information content (AvgIpc) is 2.39. The van der Waals surface area contributed by atoms with Gasteiger partial charge in [0.05, 0.1) is 7.11 Å². The molecule has 1 aromatic carbocycles. The minimum absolute atomic E-state index is 0.621. The number of benzene rings is 1. The Morgan fingerprint density at radius 1 is 1.33 bits per heavy atom. The fourth-order valence-corrected chi connectivity index (χ4v) is 2.41. The Kier molecular flexibility index (Phi) is 4.61. The van der Waals surface area contributed by atoms with Crippen molar-refractivity contribution in [1.29, 1.82) is 0 Å². The van der Waals surface area contributed by atoms with Gasteiger partial charge in [0.2, 0.25) is 5.88 Å². The quantitative estimate of drug-likeness (QED) is 0.779. The third-order valence-corrected chi connectivity index (χ3v) is 3.25. The van der Waals surface area contributed by atoms with Crippen LogP contribution in [0, 0.1) is 0 Å². The highest BCUT2D eigenvalue weighted by Crippen LogP contribution is 2.30. The third-order valence-electron chi connectivity index (χ3n) is 2.62. The third kappa shape index (κ3) is 3.03. The first-order valence-corrected chi connectivity index (χ1v) is 7.09. The summed E-state index contributed by atoms with van der Waals surface area (Å²) in [4.78, 5) is 4.34. The predicted molar refractivity (Wildman–Crippen MR) is 78.7 cm³/mol. The molecule has 4 heteroatoms. The molecule has 18 heavy (non-hydrogen) atoms. The Balaban J connectivity index is 2.49. The monoisotopic (exact) mass is 325 g/mol. The molecule has 0 bridgehead atoms. The van der Waals surface area contributed by atoms with Gasteiger partial charge in [-0.15, -0.1) is 0 Å². The number of hydrogen-bond donors (Lipinski definition) is 0. The van der Waals surface area contributed by atoms with E-state index in [1.165, 1.54) is 5.56 Å². The van der Waals surface area contributed by atoms with E-state index in [0.29, 0.717) is 10.9 Å². The van der Waals surface area contributed by atoms with Crippen molar-refractivity contribution in [3.05, 3.63) is 47.1 Å². The lowest BCUT2D eigenvalue weighted by molar-refractivity contribution is 0.399. The largest absolute Gasteiger partial charge is 0.481 e. The van der Waals surface area contributed by atoms with E-state index in [1.807, 2.05) is 30.5 Å². The van der Waals surface area contributed by atoms with Crippen LogP contribution in [0.1, 0.15) is 5.56 Å². The maximum atomic E-state index is 6.02. The topological polar surface area (TPSA) is 22.1 Å². The number of halogens is 2. The minimum atomic E-state index is 0.621. The first-order valence-electron chi connectivity index (χ1n) is 5.59. The Labute approximate surface area is 120 Å². The van der Waals surface area contributed by atoms with E-state index in [2.05, 4.69) is 27.0 Å². The van der Waals surface area contributed by atoms with Gasteiger partial charge < -0.3 is 4.74 Å². The van der Waals surface area contributed by atoms with E-state index < -0.39 is 0 Å². The molecule has 1 aromatic heterocycles. The van der Waals surface area contributed by atoms with Crippen LogP contribution >= 0.6 is 27.5 Å². The maximum Gasteiger partial charge on any atom is 0.221 e. The van der Waals surface area contributed by atoms with Gasteiger partial charge in [0.25, 0.3) is 0 Å². The molecule has 0 atom stereocenters. The Hall–Kier alpha value is -1.06. The van der Waals surface area contributed by atoms with Gasteiger partial charge in [0, 0.05) is 22.1 Å². The van der Waals surface area contributed by atoms with E-state index in [-0.39, 0.29) is 0 Å². The molecule has 0 saturated heterocycles. The fraction of sp³-hybridized carbons (Fsp3) is 0.214. The summed E-state index contributed by atoms with van der Waals surface area (Å²) in [7, 11) is 1.63. The zero-order chi connectivity index (χ0) is 13.0. The van der Waals surface area contributed by atoms with Crippen LogP contribution in [0.4, 0.5) is 0 Å². The molecule has 0 unspecified atom stereocenters. The lowest BCUT2D eigenvalue weighted by atomic mass is 10.0. The molecule has 0 fully saturated rings. The van der Waals surface area contributed by atoms with Crippen LogP contribution in [-0.4, -0.2) is 17.4 Å². The molecule has 0 aliphatic rings. The average molecular weight is 327 g/mol. The highest BCUT2D eigenvalue weighted by molar-refractivity contribution is 9.09. The van der Waals surface area contributed by atoms with Gasteiger partial charge in [0.1, 0.15) is 0 Å². The van der Waals surface area contributed by atoms with Gasteiger partial charge in [0.15, 0.2) is 0 Å². The first kappa shape index (κ1) is 13.4. The first-order chi connectivity index (χ1) is 8.74. The lowest BCUT2D eigenvalue weighted by Crippen LogP contribution is -1.95. The molecule has 0 aliphatic carbocycles. The molecule has 0 N–H and O–H groups in total. The van der Waals surface area contributed by atoms with E-state index in [9.17, 15) is 0 Å². The highest BCUT2D eigenvalue weighted by atomic mass is 79.9. The second kappa shape index (κ2) is 6.21. The zero-order valence-electron chi connectivity index (χ0n) is 9.99. The number of aryl methyl sites for hydroxylation is 1. The van der Waals surface area contributed by atoms with Crippen molar-refractivity contribution in [1.82, 2.24) is 4.98 Å². The number of nitrogens with zero attached hydrogens (tertiary/aromatic N) is 1. The molecule has 0 spiro atoms. The van der Waals surface area contributed by atoms with Gasteiger partial charge in [-0.3, -0.25) is 0 Å². The second-order valence-corrected chi connectivity index (χ2v) is 5.08. The number of pyridine rings is 1. The van der Waals surface area contributed by atoms with E-state index in [0.717, 1.165) is 22.9 Å². The Morgan fingerprint density at radius 3 is 2.83 bits per heavy atom. The summed E-state index contributed by atoms with van der Waals surface area (Å²) in [6.45, 7) is 0. The van der Waals surface area contributed by atoms with Crippen LogP contribution in [0.15, 0.2) is 36.5 Å². The van der Waals surface area contributed by atoms with Crippen molar-refractivity contribution >= 4 is 27.5 Å². The van der Waals surface area contributed by atoms with E-state index in [1.54, 1.807) is 7.11 Å². The highest BCUT2D eigenvalue weighted by Gasteiger charge is 2.09. The van der Waals surface area contributed by atoms with Gasteiger partial charge in [-0.25, -0.2) is 4.98 Å². The molecule has 2 aromatic rings. The summed E-state index contributed by atoms with van der Waals surface area (Å²) in [5, 5.41) is 1.62. The number of methoxy groups -OCH3 is 1. The molecular formula is C14H13BrClNO. The van der Waals surface area contributed by atoms with Crippen molar-refractivity contribution in [2.24, 2.45) is 0 Å². The predicted octanol–water partition coefficient (Wildman–Crippen LogP) is 4.35.